The van der Waals surface area contributed by atoms with Crippen LogP contribution in [0.2, 0.25) is 0 Å². The highest BCUT2D eigenvalue weighted by Crippen LogP contribution is 2.04. The molecule has 0 spiro atoms. The number of pyridine rings is 1. The summed E-state index contributed by atoms with van der Waals surface area (Å²) in [6.07, 6.45) is 3.47. The minimum atomic E-state index is -0.204. The van der Waals surface area contributed by atoms with Gasteiger partial charge in [-0.3, -0.25) is 14.9 Å². The van der Waals surface area contributed by atoms with Gasteiger partial charge in [-0.25, -0.2) is 4.98 Å². The summed E-state index contributed by atoms with van der Waals surface area (Å²) in [6.45, 7) is 2.49. The Bertz CT molecular complexity index is 537. The standard InChI is InChI=1S/C13H17N5O/c1-3-6-11-15-12(17-16-11)13(19)18(2)9-10-7-4-5-8-14-10/h4-5,7-8H,3,6,9H2,1-2H3,(H,15,16,17). The lowest BCUT2D eigenvalue weighted by Crippen LogP contribution is -2.27. The second-order valence-electron chi connectivity index (χ2n) is 4.34. The van der Waals surface area contributed by atoms with Crippen LogP contribution in [0.5, 0.6) is 0 Å². The zero-order valence-corrected chi connectivity index (χ0v) is 11.1. The number of amides is 1. The Kier molecular flexibility index (Phi) is 4.22. The number of carbonyl (C=O) groups excluding carboxylic acids is 1. The Labute approximate surface area is 111 Å². The third kappa shape index (κ3) is 3.37. The summed E-state index contributed by atoms with van der Waals surface area (Å²) < 4.78 is 0. The lowest BCUT2D eigenvalue weighted by Gasteiger charge is -2.14. The zero-order valence-electron chi connectivity index (χ0n) is 11.1. The SMILES string of the molecule is CCCc1nc(C(=O)N(C)Cc2ccccn2)n[nH]1. The van der Waals surface area contributed by atoms with E-state index in [1.165, 1.54) is 0 Å². The number of rotatable bonds is 5. The van der Waals surface area contributed by atoms with Crippen LogP contribution in [0.15, 0.2) is 24.4 Å². The zero-order chi connectivity index (χ0) is 13.7. The Morgan fingerprint density at radius 3 is 2.95 bits per heavy atom. The van der Waals surface area contributed by atoms with Crippen LogP contribution in [-0.2, 0) is 13.0 Å². The Morgan fingerprint density at radius 1 is 1.42 bits per heavy atom. The highest BCUT2D eigenvalue weighted by molar-refractivity contribution is 5.90. The monoisotopic (exact) mass is 259 g/mol. The molecule has 0 saturated heterocycles. The van der Waals surface area contributed by atoms with Crippen molar-refractivity contribution >= 4 is 5.91 Å². The first-order valence-corrected chi connectivity index (χ1v) is 6.27. The molecule has 0 bridgehead atoms. The normalized spacial score (nSPS) is 10.4. The van der Waals surface area contributed by atoms with Gasteiger partial charge in [-0.15, -0.1) is 5.10 Å². The average Bonchev–Trinajstić information content (AvgIpc) is 2.88. The average molecular weight is 259 g/mol. The number of H-pyrrole nitrogens is 1. The fourth-order valence-corrected chi connectivity index (χ4v) is 1.72. The number of carbonyl (C=O) groups is 1. The summed E-state index contributed by atoms with van der Waals surface area (Å²) in [7, 11) is 1.72. The lowest BCUT2D eigenvalue weighted by molar-refractivity contribution is 0.0771. The molecule has 100 valence electrons. The molecule has 6 nitrogen and oxygen atoms in total. The number of hydrogen-bond donors (Lipinski definition) is 1. The van der Waals surface area contributed by atoms with Crippen LogP contribution in [0.3, 0.4) is 0 Å². The van der Waals surface area contributed by atoms with Crippen molar-refractivity contribution in [2.24, 2.45) is 0 Å². The third-order valence-electron chi connectivity index (χ3n) is 2.68. The molecule has 6 heteroatoms. The van der Waals surface area contributed by atoms with E-state index in [1.807, 2.05) is 18.2 Å². The highest BCUT2D eigenvalue weighted by Gasteiger charge is 2.17. The van der Waals surface area contributed by atoms with E-state index in [1.54, 1.807) is 18.1 Å². The number of nitrogens with zero attached hydrogens (tertiary/aromatic N) is 4. The molecule has 2 heterocycles. The van der Waals surface area contributed by atoms with Crippen molar-refractivity contribution in [2.75, 3.05) is 7.05 Å². The quantitative estimate of drug-likeness (QED) is 0.881. The van der Waals surface area contributed by atoms with Crippen LogP contribution < -0.4 is 0 Å². The Balaban J connectivity index is 2.02. The van der Waals surface area contributed by atoms with Gasteiger partial charge in [0.15, 0.2) is 0 Å². The van der Waals surface area contributed by atoms with Crippen molar-refractivity contribution in [3.8, 4) is 0 Å². The predicted molar refractivity (Wildman–Crippen MR) is 70.4 cm³/mol. The number of aromatic nitrogens is 4. The molecule has 1 amide bonds. The second kappa shape index (κ2) is 6.08. The number of aromatic amines is 1. The van der Waals surface area contributed by atoms with E-state index in [4.69, 9.17) is 0 Å². The van der Waals surface area contributed by atoms with Gasteiger partial charge in [0.2, 0.25) is 5.82 Å². The molecule has 19 heavy (non-hydrogen) atoms. The highest BCUT2D eigenvalue weighted by atomic mass is 16.2. The van der Waals surface area contributed by atoms with Crippen LogP contribution in [0.4, 0.5) is 0 Å². The van der Waals surface area contributed by atoms with Gasteiger partial charge in [-0.1, -0.05) is 13.0 Å². The minimum absolute atomic E-state index is 0.204. The molecule has 0 aliphatic heterocycles. The first kappa shape index (κ1) is 13.2. The molecule has 0 atom stereocenters. The summed E-state index contributed by atoms with van der Waals surface area (Å²) in [5.41, 5.74) is 0.836. The topological polar surface area (TPSA) is 74.8 Å². The summed E-state index contributed by atoms with van der Waals surface area (Å²) in [5, 5.41) is 6.73. The minimum Gasteiger partial charge on any atom is -0.333 e. The molecule has 1 N–H and O–H groups in total. The van der Waals surface area contributed by atoms with Crippen LogP contribution in [0.1, 0.15) is 35.5 Å². The van der Waals surface area contributed by atoms with E-state index in [2.05, 4.69) is 27.1 Å². The molecule has 0 fully saturated rings. The first-order valence-electron chi connectivity index (χ1n) is 6.27. The van der Waals surface area contributed by atoms with Gasteiger partial charge in [-0.2, -0.15) is 0 Å². The van der Waals surface area contributed by atoms with Crippen molar-refractivity contribution in [1.29, 1.82) is 0 Å². The fraction of sp³-hybridized carbons (Fsp3) is 0.385. The van der Waals surface area contributed by atoms with Gasteiger partial charge in [0.25, 0.3) is 5.91 Å². The van der Waals surface area contributed by atoms with Crippen molar-refractivity contribution in [3.05, 3.63) is 41.7 Å². The molecule has 2 aromatic rings. The van der Waals surface area contributed by atoms with Gasteiger partial charge >= 0.3 is 0 Å². The second-order valence-corrected chi connectivity index (χ2v) is 4.34. The van der Waals surface area contributed by atoms with Crippen molar-refractivity contribution < 1.29 is 4.79 Å². The maximum absolute atomic E-state index is 12.1. The summed E-state index contributed by atoms with van der Waals surface area (Å²) in [6, 6.07) is 5.62. The van der Waals surface area contributed by atoms with Gasteiger partial charge < -0.3 is 4.90 Å². The summed E-state index contributed by atoms with van der Waals surface area (Å²) in [5.74, 6) is 0.753. The Morgan fingerprint density at radius 2 is 2.26 bits per heavy atom. The van der Waals surface area contributed by atoms with Gasteiger partial charge in [-0.05, 0) is 18.6 Å². The maximum atomic E-state index is 12.1. The van der Waals surface area contributed by atoms with Crippen molar-refractivity contribution in [3.63, 3.8) is 0 Å². The van der Waals surface area contributed by atoms with E-state index in [9.17, 15) is 4.79 Å². The molecular weight excluding hydrogens is 242 g/mol. The molecule has 0 unspecified atom stereocenters. The molecular formula is C13H17N5O. The van der Waals surface area contributed by atoms with Gasteiger partial charge in [0.05, 0.1) is 12.2 Å². The van der Waals surface area contributed by atoms with Crippen molar-refractivity contribution in [1.82, 2.24) is 25.1 Å². The molecule has 0 aromatic carbocycles. The summed E-state index contributed by atoms with van der Waals surface area (Å²) in [4.78, 5) is 22.0. The van der Waals surface area contributed by atoms with Gasteiger partial charge in [0.1, 0.15) is 5.82 Å². The van der Waals surface area contributed by atoms with Crippen LogP contribution >= 0.6 is 0 Å². The van der Waals surface area contributed by atoms with E-state index in [-0.39, 0.29) is 11.7 Å². The molecule has 0 saturated carbocycles. The van der Waals surface area contributed by atoms with Gasteiger partial charge in [0, 0.05) is 19.7 Å². The summed E-state index contributed by atoms with van der Waals surface area (Å²) >= 11 is 0. The van der Waals surface area contributed by atoms with E-state index in [0.29, 0.717) is 6.54 Å². The molecule has 0 aliphatic carbocycles. The third-order valence-corrected chi connectivity index (χ3v) is 2.68. The first-order chi connectivity index (χ1) is 9.20. The van der Waals surface area contributed by atoms with Crippen LogP contribution in [-0.4, -0.2) is 38.0 Å². The molecule has 0 radical (unpaired) electrons. The molecule has 0 aliphatic rings. The van der Waals surface area contributed by atoms with Crippen LogP contribution in [0.25, 0.3) is 0 Å². The number of hydrogen-bond acceptors (Lipinski definition) is 4. The smallest absolute Gasteiger partial charge is 0.293 e. The van der Waals surface area contributed by atoms with E-state index < -0.39 is 0 Å². The maximum Gasteiger partial charge on any atom is 0.293 e. The molecule has 2 aromatic heterocycles. The Hall–Kier alpha value is -2.24. The predicted octanol–water partition coefficient (Wildman–Crippen LogP) is 1.42. The molecule has 2 rings (SSSR count). The van der Waals surface area contributed by atoms with Crippen molar-refractivity contribution in [2.45, 2.75) is 26.3 Å². The van der Waals surface area contributed by atoms with Crippen LogP contribution in [0, 0.1) is 0 Å². The number of aryl methyl sites for hydroxylation is 1. The lowest BCUT2D eigenvalue weighted by atomic mass is 10.3. The van der Waals surface area contributed by atoms with E-state index >= 15 is 0 Å². The number of nitrogens with one attached hydrogen (secondary N) is 1. The van der Waals surface area contributed by atoms with E-state index in [0.717, 1.165) is 24.4 Å². The fourth-order valence-electron chi connectivity index (χ4n) is 1.72. The largest absolute Gasteiger partial charge is 0.333 e.